The number of fused-ring (bicyclic) bond motifs is 2. The monoisotopic (exact) mass is 360 g/mol. The topological polar surface area (TPSA) is 41.6 Å². The van der Waals surface area contributed by atoms with E-state index in [2.05, 4.69) is 10.2 Å². The molecule has 0 unspecified atom stereocenters. The average Bonchev–Trinajstić information content (AvgIpc) is 3.11. The molecule has 4 rings (SSSR count). The van der Waals surface area contributed by atoms with Crippen LogP contribution in [-0.4, -0.2) is 37.0 Å². The van der Waals surface area contributed by atoms with E-state index in [1.54, 1.807) is 6.07 Å². The van der Waals surface area contributed by atoms with Crippen LogP contribution < -0.4 is 10.1 Å². The van der Waals surface area contributed by atoms with Crippen molar-refractivity contribution in [3.05, 3.63) is 24.0 Å². The van der Waals surface area contributed by atoms with Crippen LogP contribution in [0.15, 0.2) is 18.2 Å². The fourth-order valence-corrected chi connectivity index (χ4v) is 4.96. The minimum Gasteiger partial charge on any atom is -0.491 e. The second kappa shape index (κ2) is 7.95. The lowest BCUT2D eigenvalue weighted by Crippen LogP contribution is -2.44. The average molecular weight is 360 g/mol. The Hall–Kier alpha value is -1.62. The quantitative estimate of drug-likeness (QED) is 0.865. The Kier molecular flexibility index (Phi) is 5.44. The fourth-order valence-electron chi connectivity index (χ4n) is 4.96. The Morgan fingerprint density at radius 3 is 2.85 bits per heavy atom. The second-order valence-corrected chi connectivity index (χ2v) is 8.25. The van der Waals surface area contributed by atoms with Crippen LogP contribution >= 0.6 is 0 Å². The molecule has 2 fully saturated rings. The van der Waals surface area contributed by atoms with E-state index in [1.165, 1.54) is 44.4 Å². The van der Waals surface area contributed by atoms with Crippen LogP contribution in [0, 0.1) is 23.6 Å². The number of amides is 1. The molecular formula is C21H29FN2O2. The second-order valence-electron chi connectivity index (χ2n) is 8.25. The van der Waals surface area contributed by atoms with Crippen LogP contribution in [0.5, 0.6) is 5.75 Å². The molecule has 1 N–H and O–H groups in total. The van der Waals surface area contributed by atoms with Crippen molar-refractivity contribution in [2.75, 3.05) is 31.6 Å². The minimum absolute atomic E-state index is 0.0263. The van der Waals surface area contributed by atoms with E-state index in [0.717, 1.165) is 31.8 Å². The van der Waals surface area contributed by atoms with Gasteiger partial charge in [-0.3, -0.25) is 4.79 Å². The SMILES string of the molecule is O=C1C[C@@H]2CCN(CC3CCCC3)C[C@@H]2CCOc2ccc(F)cc2N1. The van der Waals surface area contributed by atoms with E-state index in [4.69, 9.17) is 4.74 Å². The molecule has 4 nitrogen and oxygen atoms in total. The molecule has 2 aliphatic heterocycles. The lowest BCUT2D eigenvalue weighted by molar-refractivity contribution is -0.118. The highest BCUT2D eigenvalue weighted by Crippen LogP contribution is 2.34. The third kappa shape index (κ3) is 4.20. The minimum atomic E-state index is -0.359. The number of likely N-dealkylation sites (tertiary alicyclic amines) is 1. The van der Waals surface area contributed by atoms with E-state index < -0.39 is 0 Å². The number of hydrogen-bond acceptors (Lipinski definition) is 3. The number of benzene rings is 1. The van der Waals surface area contributed by atoms with Crippen molar-refractivity contribution in [3.8, 4) is 5.75 Å². The smallest absolute Gasteiger partial charge is 0.224 e. The Balaban J connectivity index is 1.43. The van der Waals surface area contributed by atoms with Gasteiger partial charge in [-0.25, -0.2) is 4.39 Å². The summed E-state index contributed by atoms with van der Waals surface area (Å²) in [5.74, 6) is 1.94. The van der Waals surface area contributed by atoms with Gasteiger partial charge in [-0.15, -0.1) is 0 Å². The van der Waals surface area contributed by atoms with Crippen molar-refractivity contribution in [1.82, 2.24) is 4.90 Å². The largest absolute Gasteiger partial charge is 0.491 e. The molecule has 1 aromatic rings. The van der Waals surface area contributed by atoms with Crippen LogP contribution in [0.3, 0.4) is 0 Å². The summed E-state index contributed by atoms with van der Waals surface area (Å²) in [5, 5.41) is 2.86. The fraction of sp³-hybridized carbons (Fsp3) is 0.667. The number of anilines is 1. The zero-order chi connectivity index (χ0) is 17.9. The number of nitrogens with zero attached hydrogens (tertiary/aromatic N) is 1. The molecule has 1 saturated heterocycles. The predicted octanol–water partition coefficient (Wildman–Crippen LogP) is 4.07. The van der Waals surface area contributed by atoms with Gasteiger partial charge in [0.15, 0.2) is 0 Å². The Morgan fingerprint density at radius 1 is 1.15 bits per heavy atom. The Morgan fingerprint density at radius 2 is 2.00 bits per heavy atom. The highest BCUT2D eigenvalue weighted by Gasteiger charge is 2.32. The molecule has 2 atom stereocenters. The van der Waals surface area contributed by atoms with E-state index in [-0.39, 0.29) is 11.7 Å². The molecule has 0 bridgehead atoms. The summed E-state index contributed by atoms with van der Waals surface area (Å²) in [4.78, 5) is 15.1. The maximum atomic E-state index is 13.5. The summed E-state index contributed by atoms with van der Waals surface area (Å²) in [6.07, 6.45) is 8.08. The molecule has 0 radical (unpaired) electrons. The number of carbonyl (C=O) groups is 1. The van der Waals surface area contributed by atoms with Crippen molar-refractivity contribution >= 4 is 11.6 Å². The van der Waals surface area contributed by atoms with Gasteiger partial charge < -0.3 is 15.0 Å². The molecule has 26 heavy (non-hydrogen) atoms. The number of rotatable bonds is 2. The third-order valence-corrected chi connectivity index (χ3v) is 6.38. The van der Waals surface area contributed by atoms with Gasteiger partial charge in [0.2, 0.25) is 5.91 Å². The number of ether oxygens (including phenoxy) is 1. The van der Waals surface area contributed by atoms with E-state index >= 15 is 0 Å². The van der Waals surface area contributed by atoms with Gasteiger partial charge in [-0.05, 0) is 62.1 Å². The Bertz CT molecular complexity index is 645. The predicted molar refractivity (Wildman–Crippen MR) is 99.8 cm³/mol. The lowest BCUT2D eigenvalue weighted by atomic mass is 9.80. The number of nitrogens with one attached hydrogen (secondary N) is 1. The highest BCUT2D eigenvalue weighted by molar-refractivity contribution is 5.92. The molecule has 1 saturated carbocycles. The summed E-state index contributed by atoms with van der Waals surface area (Å²) in [6, 6.07) is 4.33. The summed E-state index contributed by atoms with van der Waals surface area (Å²) in [7, 11) is 0. The lowest BCUT2D eigenvalue weighted by Gasteiger charge is -2.40. The number of hydrogen-bond donors (Lipinski definition) is 1. The van der Waals surface area contributed by atoms with Crippen LogP contribution in [0.1, 0.15) is 44.9 Å². The maximum absolute atomic E-state index is 13.5. The Labute approximate surface area is 155 Å². The zero-order valence-corrected chi connectivity index (χ0v) is 15.4. The van der Waals surface area contributed by atoms with Gasteiger partial charge in [0.25, 0.3) is 0 Å². The first-order valence-corrected chi connectivity index (χ1v) is 10.1. The molecule has 5 heteroatoms. The van der Waals surface area contributed by atoms with E-state index in [0.29, 0.717) is 36.3 Å². The summed E-state index contributed by atoms with van der Waals surface area (Å²) in [5.41, 5.74) is 0.451. The maximum Gasteiger partial charge on any atom is 0.224 e. The van der Waals surface area contributed by atoms with Gasteiger partial charge in [-0.2, -0.15) is 0 Å². The molecule has 3 aliphatic rings. The molecule has 2 heterocycles. The molecule has 0 aromatic heterocycles. The van der Waals surface area contributed by atoms with Gasteiger partial charge in [-0.1, -0.05) is 12.8 Å². The third-order valence-electron chi connectivity index (χ3n) is 6.38. The summed E-state index contributed by atoms with van der Waals surface area (Å²) in [6.45, 7) is 4.01. The van der Waals surface area contributed by atoms with Gasteiger partial charge >= 0.3 is 0 Å². The molecular weight excluding hydrogens is 331 g/mol. The van der Waals surface area contributed by atoms with Crippen LogP contribution in [0.4, 0.5) is 10.1 Å². The van der Waals surface area contributed by atoms with Crippen molar-refractivity contribution in [1.29, 1.82) is 0 Å². The van der Waals surface area contributed by atoms with Gasteiger partial charge in [0.05, 0.1) is 12.3 Å². The summed E-state index contributed by atoms with van der Waals surface area (Å²) >= 11 is 0. The first-order chi connectivity index (χ1) is 12.7. The van der Waals surface area contributed by atoms with Crippen molar-refractivity contribution < 1.29 is 13.9 Å². The zero-order valence-electron chi connectivity index (χ0n) is 15.4. The highest BCUT2D eigenvalue weighted by atomic mass is 19.1. The van der Waals surface area contributed by atoms with Crippen LogP contribution in [0.2, 0.25) is 0 Å². The van der Waals surface area contributed by atoms with Crippen LogP contribution in [0.25, 0.3) is 0 Å². The van der Waals surface area contributed by atoms with Crippen molar-refractivity contribution in [3.63, 3.8) is 0 Å². The standard InChI is InChI=1S/C21H29FN2O2/c22-18-5-6-20-19(12-18)23-21(25)11-16-7-9-24(13-15-3-1-2-4-15)14-17(16)8-10-26-20/h5-6,12,15-17H,1-4,7-11,13-14H2,(H,23,25)/t16-,17-/m0/s1. The van der Waals surface area contributed by atoms with Gasteiger partial charge in [0, 0.05) is 25.6 Å². The summed E-state index contributed by atoms with van der Waals surface area (Å²) < 4.78 is 19.4. The van der Waals surface area contributed by atoms with E-state index in [1.807, 2.05) is 0 Å². The first kappa shape index (κ1) is 17.8. The molecule has 142 valence electrons. The molecule has 1 aromatic carbocycles. The van der Waals surface area contributed by atoms with Crippen molar-refractivity contribution in [2.24, 2.45) is 17.8 Å². The molecule has 1 aliphatic carbocycles. The number of piperidine rings is 1. The number of halogens is 1. The molecule has 1 amide bonds. The van der Waals surface area contributed by atoms with Crippen LogP contribution in [-0.2, 0) is 4.79 Å². The van der Waals surface area contributed by atoms with E-state index in [9.17, 15) is 9.18 Å². The number of carbonyl (C=O) groups excluding carboxylic acids is 1. The normalized spacial score (nSPS) is 28.0. The first-order valence-electron chi connectivity index (χ1n) is 10.1. The van der Waals surface area contributed by atoms with Gasteiger partial charge in [0.1, 0.15) is 11.6 Å². The molecule has 0 spiro atoms. The van der Waals surface area contributed by atoms with Crippen molar-refractivity contribution in [2.45, 2.75) is 44.9 Å².